The van der Waals surface area contributed by atoms with Crippen molar-refractivity contribution in [2.75, 3.05) is 64.5 Å². The molecule has 6 amide bonds. The predicted octanol–water partition coefficient (Wildman–Crippen LogP) is 6.16. The van der Waals surface area contributed by atoms with Crippen LogP contribution in [0, 0.1) is 37.0 Å². The summed E-state index contributed by atoms with van der Waals surface area (Å²) in [6.07, 6.45) is 10.4. The van der Waals surface area contributed by atoms with Gasteiger partial charge in [-0.1, -0.05) is 44.2 Å². The quantitative estimate of drug-likeness (QED) is 0.0222. The number of aliphatic carboxylic acids is 1. The number of aliphatic hydroxyl groups is 1. The fourth-order valence-electron chi connectivity index (χ4n) is 10.8. The van der Waals surface area contributed by atoms with Gasteiger partial charge in [0.25, 0.3) is 11.8 Å². The molecule has 2 aliphatic carbocycles. The van der Waals surface area contributed by atoms with Crippen LogP contribution in [-0.4, -0.2) is 173 Å². The van der Waals surface area contributed by atoms with Crippen molar-refractivity contribution in [3.63, 3.8) is 0 Å². The van der Waals surface area contributed by atoms with Crippen LogP contribution >= 0.6 is 0 Å². The summed E-state index contributed by atoms with van der Waals surface area (Å²) in [5.74, 6) is -0.546. The second-order valence-electron chi connectivity index (χ2n) is 24.2. The molecule has 4 aromatic heterocycles. The number of urea groups is 1. The number of aryl methyl sites for hydroxylation is 3. The molecule has 2 atom stereocenters. The molecule has 6 aromatic rings. The molecule has 3 aliphatic rings. The zero-order chi connectivity index (χ0) is 63.0. The van der Waals surface area contributed by atoms with Crippen molar-refractivity contribution in [2.45, 2.75) is 124 Å². The van der Waals surface area contributed by atoms with Crippen molar-refractivity contribution < 1.29 is 57.9 Å². The smallest absolute Gasteiger partial charge is 0.326 e. The van der Waals surface area contributed by atoms with E-state index >= 15 is 0 Å². The number of rotatable bonds is 34. The molecular formula is C63H82N14O12. The maximum Gasteiger partial charge on any atom is 0.326 e. The van der Waals surface area contributed by atoms with Crippen molar-refractivity contribution in [1.29, 1.82) is 0 Å². The minimum atomic E-state index is -1.09. The first kappa shape index (κ1) is 64.7. The molecule has 9 rings (SSSR count). The van der Waals surface area contributed by atoms with Gasteiger partial charge < -0.3 is 60.2 Å². The Morgan fingerprint density at radius 1 is 0.865 bits per heavy atom. The summed E-state index contributed by atoms with van der Waals surface area (Å²) in [5, 5.41) is 51.1. The standard InChI is InChI=1S/C63H82N14O12/c1-40-55(41(2)71-70-40)42-15-18-46(19-16-42)67-60(82)57(56(43-11-12-43)44-13-14-44)69-59(81)52-22-25-66-77(52)27-8-26-74(28-29-78)54(79)38-76-35-47(72-73-76)39-87-32-31-86-30-7-24-64-62(85)75-36-50(37-75)88-48-9-6-10-49(33-48)89-53-20-17-45(34-65-53)58(80)68-51(61(83)84)21-23-63(3,4)5/h6,9-10,15-20,22,25,33-35,43-44,50-51,56-57,78H,7-8,11-14,21,23-24,26-32,36-39H2,1-5H3,(H,64,85)(H,67,82)(H,68,80)(H,69,81)(H,70,71)(H,83,84)/t51-,57-/m0/s1. The molecule has 0 bridgehead atoms. The van der Waals surface area contributed by atoms with Gasteiger partial charge in [-0.2, -0.15) is 10.2 Å². The Bertz CT molecular complexity index is 3310. The number of carboxylic acids is 1. The third-order valence-corrected chi connectivity index (χ3v) is 15.8. The Kier molecular flexibility index (Phi) is 22.1. The number of benzene rings is 2. The summed E-state index contributed by atoms with van der Waals surface area (Å²) in [4.78, 5) is 86.3. The highest BCUT2D eigenvalue weighted by Gasteiger charge is 2.48. The Balaban J connectivity index is 0.623. The summed E-state index contributed by atoms with van der Waals surface area (Å²) in [6, 6.07) is 17.4. The zero-order valence-electron chi connectivity index (χ0n) is 51.2. The molecule has 0 unspecified atom stereocenters. The third kappa shape index (κ3) is 18.9. The average Bonchev–Trinajstić information content (AvgIpc) is 1.80. The summed E-state index contributed by atoms with van der Waals surface area (Å²) in [5.41, 5.74) is 5.46. The largest absolute Gasteiger partial charge is 0.487 e. The predicted molar refractivity (Wildman–Crippen MR) is 326 cm³/mol. The highest BCUT2D eigenvalue weighted by atomic mass is 16.5. The summed E-state index contributed by atoms with van der Waals surface area (Å²) in [7, 11) is 0. The Morgan fingerprint density at radius 3 is 2.30 bits per heavy atom. The second kappa shape index (κ2) is 30.4. The highest BCUT2D eigenvalue weighted by Crippen LogP contribution is 2.51. The second-order valence-corrected chi connectivity index (χ2v) is 24.2. The molecule has 476 valence electrons. The number of H-pyrrole nitrogens is 1. The molecule has 5 heterocycles. The number of pyridine rings is 1. The van der Waals surface area contributed by atoms with Crippen molar-refractivity contribution in [2.24, 2.45) is 23.2 Å². The molecule has 0 spiro atoms. The normalized spacial score (nSPS) is 14.8. The first-order valence-electron chi connectivity index (χ1n) is 30.5. The van der Waals surface area contributed by atoms with Crippen LogP contribution in [-0.2, 0) is 43.6 Å². The van der Waals surface area contributed by atoms with Crippen LogP contribution in [0.3, 0.4) is 0 Å². The molecule has 89 heavy (non-hydrogen) atoms. The van der Waals surface area contributed by atoms with Crippen molar-refractivity contribution in [3.8, 4) is 28.5 Å². The van der Waals surface area contributed by atoms with E-state index in [1.54, 1.807) is 52.3 Å². The number of hydrogen-bond donors (Lipinski definition) is 7. The van der Waals surface area contributed by atoms with Crippen LogP contribution in [0.5, 0.6) is 17.4 Å². The van der Waals surface area contributed by atoms with Gasteiger partial charge >= 0.3 is 12.0 Å². The number of carboxylic acid groups (broad SMARTS) is 1. The van der Waals surface area contributed by atoms with E-state index in [4.69, 9.17) is 18.9 Å². The Morgan fingerprint density at radius 2 is 1.62 bits per heavy atom. The number of carbonyl (C=O) groups is 6. The number of aromatic nitrogens is 8. The maximum atomic E-state index is 14.1. The minimum absolute atomic E-state index is 0.0278. The van der Waals surface area contributed by atoms with Crippen LogP contribution in [0.1, 0.15) is 110 Å². The van der Waals surface area contributed by atoms with Crippen LogP contribution in [0.4, 0.5) is 10.5 Å². The number of carbonyl (C=O) groups excluding carboxylic acids is 5. The number of likely N-dealkylation sites (tertiary alicyclic amines) is 1. The van der Waals surface area contributed by atoms with E-state index in [1.165, 1.54) is 27.9 Å². The number of amides is 6. The Labute approximate surface area is 516 Å². The summed E-state index contributed by atoms with van der Waals surface area (Å²) >= 11 is 0. The lowest BCUT2D eigenvalue weighted by Gasteiger charge is -2.38. The van der Waals surface area contributed by atoms with E-state index in [-0.39, 0.29) is 86.2 Å². The lowest BCUT2D eigenvalue weighted by Crippen LogP contribution is -2.59. The molecule has 26 nitrogen and oxygen atoms in total. The minimum Gasteiger partial charge on any atom is -0.487 e. The number of nitrogens with one attached hydrogen (secondary N) is 5. The van der Waals surface area contributed by atoms with Gasteiger partial charge in [0.05, 0.1) is 57.0 Å². The number of nitrogens with zero attached hydrogens (tertiary/aromatic N) is 9. The molecule has 0 radical (unpaired) electrons. The number of anilines is 1. The van der Waals surface area contributed by atoms with Gasteiger partial charge in [0, 0.05) is 74.3 Å². The molecule has 1 saturated heterocycles. The van der Waals surface area contributed by atoms with E-state index in [0.717, 1.165) is 48.2 Å². The van der Waals surface area contributed by atoms with E-state index < -0.39 is 29.9 Å². The first-order valence-corrected chi connectivity index (χ1v) is 30.5. The SMILES string of the molecule is Cc1n[nH]c(C)c1-c1ccc(NC(=O)[C@@H](NC(=O)c2ccnn2CCCN(CCO)C(=O)Cn2cc(COCCOCCCNC(=O)N3CC(Oc4cccc(Oc5ccc(C(=O)N[C@@H](CCC(C)(C)C)C(=O)O)cn5)c4)C3)nn2)C(C2CC2)C2CC2)cc1. The van der Waals surface area contributed by atoms with Gasteiger partial charge in [0.1, 0.15) is 47.6 Å². The summed E-state index contributed by atoms with van der Waals surface area (Å²) in [6.45, 7) is 12.7. The first-order chi connectivity index (χ1) is 42.9. The van der Waals surface area contributed by atoms with Gasteiger partial charge in [0.2, 0.25) is 17.7 Å². The molecule has 7 N–H and O–H groups in total. The number of hydrogen-bond acceptors (Lipinski definition) is 16. The van der Waals surface area contributed by atoms with Gasteiger partial charge in [-0.25, -0.2) is 19.3 Å². The molecule has 2 saturated carbocycles. The monoisotopic (exact) mass is 1230 g/mol. The van der Waals surface area contributed by atoms with Crippen molar-refractivity contribution >= 4 is 41.3 Å². The summed E-state index contributed by atoms with van der Waals surface area (Å²) < 4.78 is 26.4. The van der Waals surface area contributed by atoms with E-state index in [9.17, 15) is 39.0 Å². The number of ether oxygens (including phenoxy) is 4. The van der Waals surface area contributed by atoms with Crippen LogP contribution in [0.15, 0.2) is 85.3 Å². The fourth-order valence-corrected chi connectivity index (χ4v) is 10.8. The molecular weight excluding hydrogens is 1140 g/mol. The Hall–Kier alpha value is -8.75. The highest BCUT2D eigenvalue weighted by molar-refractivity contribution is 6.01. The third-order valence-electron chi connectivity index (χ3n) is 15.8. The zero-order valence-corrected chi connectivity index (χ0v) is 51.2. The average molecular weight is 1230 g/mol. The molecule has 26 heteroatoms. The fraction of sp³-hybridized carbons (Fsp3) is 0.508. The van der Waals surface area contributed by atoms with Crippen LogP contribution in [0.25, 0.3) is 11.1 Å². The van der Waals surface area contributed by atoms with E-state index in [0.29, 0.717) is 105 Å². The van der Waals surface area contributed by atoms with Gasteiger partial charge in [-0.15, -0.1) is 5.10 Å². The lowest BCUT2D eigenvalue weighted by atomic mass is 9.88. The molecule has 1 aliphatic heterocycles. The molecule has 2 aromatic carbocycles. The van der Waals surface area contributed by atoms with Gasteiger partial charge in [-0.05, 0) is 130 Å². The topological polar surface area (TPSA) is 324 Å². The van der Waals surface area contributed by atoms with Crippen LogP contribution < -0.4 is 30.7 Å². The van der Waals surface area contributed by atoms with Gasteiger partial charge in [0.15, 0.2) is 0 Å². The number of aliphatic hydroxyl groups excluding tert-OH is 1. The van der Waals surface area contributed by atoms with Gasteiger partial charge in [-0.3, -0.25) is 29.0 Å². The van der Waals surface area contributed by atoms with Crippen molar-refractivity contribution in [1.82, 2.24) is 65.7 Å². The molecule has 3 fully saturated rings. The van der Waals surface area contributed by atoms with Crippen molar-refractivity contribution in [3.05, 3.63) is 114 Å². The van der Waals surface area contributed by atoms with E-state index in [1.807, 2.05) is 58.9 Å². The number of aromatic amines is 1. The maximum absolute atomic E-state index is 14.1. The lowest BCUT2D eigenvalue weighted by molar-refractivity contribution is -0.139. The van der Waals surface area contributed by atoms with Crippen LogP contribution in [0.2, 0.25) is 0 Å². The van der Waals surface area contributed by atoms with E-state index in [2.05, 4.69) is 51.9 Å².